The standard InChI is InChI=1S/C14H11N3O4S/c15-11(10(12(18)19)13(20)21)7-2-3-9-8(6-7)17-5-1-4-16-14(17)22-9/h1-4,6H,5,15H2,(H,18,19)(H,20,21). The molecule has 0 spiro atoms. The highest BCUT2D eigenvalue weighted by Crippen LogP contribution is 2.42. The average Bonchev–Trinajstić information content (AvgIpc) is 2.84. The molecule has 4 N–H and O–H groups in total. The van der Waals surface area contributed by atoms with E-state index in [1.165, 1.54) is 11.8 Å². The summed E-state index contributed by atoms with van der Waals surface area (Å²) in [6.07, 6.45) is 3.62. The summed E-state index contributed by atoms with van der Waals surface area (Å²) in [5.74, 6) is -3.13. The molecule has 0 radical (unpaired) electrons. The van der Waals surface area contributed by atoms with E-state index < -0.39 is 17.5 Å². The molecular formula is C14H11N3O4S. The Hall–Kier alpha value is -2.74. The van der Waals surface area contributed by atoms with E-state index in [-0.39, 0.29) is 5.70 Å². The van der Waals surface area contributed by atoms with Crippen LogP contribution < -0.4 is 10.6 Å². The number of thioether (sulfide) groups is 1. The van der Waals surface area contributed by atoms with Crippen molar-refractivity contribution in [1.82, 2.24) is 0 Å². The molecule has 0 unspecified atom stereocenters. The zero-order valence-corrected chi connectivity index (χ0v) is 12.0. The van der Waals surface area contributed by atoms with Crippen LogP contribution in [0.1, 0.15) is 5.56 Å². The molecule has 1 aromatic carbocycles. The third-order valence-corrected chi connectivity index (χ3v) is 4.34. The highest BCUT2D eigenvalue weighted by molar-refractivity contribution is 8.14. The van der Waals surface area contributed by atoms with E-state index in [1.54, 1.807) is 24.4 Å². The van der Waals surface area contributed by atoms with Crippen molar-refractivity contribution < 1.29 is 19.8 Å². The number of hydrogen-bond donors (Lipinski definition) is 3. The number of benzene rings is 1. The summed E-state index contributed by atoms with van der Waals surface area (Å²) in [6.45, 7) is 0.649. The number of carboxylic acids is 2. The first-order valence-electron chi connectivity index (χ1n) is 6.28. The monoisotopic (exact) mass is 317 g/mol. The number of anilines is 1. The third-order valence-electron chi connectivity index (χ3n) is 3.27. The lowest BCUT2D eigenvalue weighted by atomic mass is 10.1. The predicted molar refractivity (Wildman–Crippen MR) is 82.6 cm³/mol. The Bertz CT molecular complexity index is 766. The lowest BCUT2D eigenvalue weighted by Gasteiger charge is -2.19. The molecule has 0 amide bonds. The van der Waals surface area contributed by atoms with E-state index in [1.807, 2.05) is 11.0 Å². The number of rotatable bonds is 3. The summed E-state index contributed by atoms with van der Waals surface area (Å²) in [6, 6.07) is 5.08. The van der Waals surface area contributed by atoms with E-state index in [9.17, 15) is 9.59 Å². The van der Waals surface area contributed by atoms with Crippen LogP contribution in [0.25, 0.3) is 5.70 Å². The Morgan fingerprint density at radius 3 is 2.68 bits per heavy atom. The number of nitrogens with zero attached hydrogens (tertiary/aromatic N) is 2. The number of aliphatic carboxylic acids is 2. The average molecular weight is 317 g/mol. The van der Waals surface area contributed by atoms with Crippen LogP contribution in [0.2, 0.25) is 0 Å². The van der Waals surface area contributed by atoms with E-state index >= 15 is 0 Å². The van der Waals surface area contributed by atoms with Gasteiger partial charge in [0.2, 0.25) is 0 Å². The van der Waals surface area contributed by atoms with Crippen molar-refractivity contribution >= 4 is 40.3 Å². The molecule has 0 aliphatic carbocycles. The Labute approximate surface area is 129 Å². The van der Waals surface area contributed by atoms with Crippen LogP contribution in [0, 0.1) is 0 Å². The second-order valence-electron chi connectivity index (χ2n) is 4.59. The smallest absolute Gasteiger partial charge is 0.345 e. The van der Waals surface area contributed by atoms with Crippen LogP contribution >= 0.6 is 11.8 Å². The molecule has 0 bridgehead atoms. The normalized spacial score (nSPS) is 14.9. The van der Waals surface area contributed by atoms with Gasteiger partial charge in [0.05, 0.1) is 11.4 Å². The summed E-state index contributed by atoms with van der Waals surface area (Å²) in [7, 11) is 0. The Kier molecular flexibility index (Phi) is 3.38. The zero-order chi connectivity index (χ0) is 15.9. The number of carbonyl (C=O) groups is 2. The first-order chi connectivity index (χ1) is 10.5. The summed E-state index contributed by atoms with van der Waals surface area (Å²) < 4.78 is 0. The van der Waals surface area contributed by atoms with E-state index in [0.717, 1.165) is 15.8 Å². The minimum absolute atomic E-state index is 0.272. The number of fused-ring (bicyclic) bond motifs is 3. The molecule has 0 fully saturated rings. The van der Waals surface area contributed by atoms with Gasteiger partial charge in [-0.2, -0.15) is 0 Å². The van der Waals surface area contributed by atoms with Gasteiger partial charge in [0.1, 0.15) is 0 Å². The van der Waals surface area contributed by atoms with Gasteiger partial charge in [-0.25, -0.2) is 14.6 Å². The van der Waals surface area contributed by atoms with Crippen molar-refractivity contribution in [1.29, 1.82) is 0 Å². The molecule has 8 heteroatoms. The van der Waals surface area contributed by atoms with Crippen LogP contribution in [0.5, 0.6) is 0 Å². The van der Waals surface area contributed by atoms with Crippen molar-refractivity contribution in [3.63, 3.8) is 0 Å². The van der Waals surface area contributed by atoms with Gasteiger partial charge in [0.25, 0.3) is 0 Å². The van der Waals surface area contributed by atoms with Gasteiger partial charge >= 0.3 is 11.9 Å². The fourth-order valence-corrected chi connectivity index (χ4v) is 3.25. The summed E-state index contributed by atoms with van der Waals surface area (Å²) in [5, 5.41) is 18.8. The number of aliphatic imine (C=N–C) groups is 1. The molecule has 112 valence electrons. The number of carboxylic acid groups (broad SMARTS) is 2. The molecule has 7 nitrogen and oxygen atoms in total. The largest absolute Gasteiger partial charge is 0.477 e. The van der Waals surface area contributed by atoms with Crippen LogP contribution in [0.4, 0.5) is 5.69 Å². The fraction of sp³-hybridized carbons (Fsp3) is 0.0714. The molecule has 1 aromatic rings. The van der Waals surface area contributed by atoms with Crippen molar-refractivity contribution in [2.75, 3.05) is 11.4 Å². The maximum Gasteiger partial charge on any atom is 0.345 e. The number of hydrogen-bond acceptors (Lipinski definition) is 6. The number of amidine groups is 1. The quantitative estimate of drug-likeness (QED) is 0.437. The maximum absolute atomic E-state index is 11.1. The molecule has 0 saturated heterocycles. The molecule has 2 heterocycles. The first kappa shape index (κ1) is 14.2. The Morgan fingerprint density at radius 1 is 1.27 bits per heavy atom. The Morgan fingerprint density at radius 2 is 2.00 bits per heavy atom. The molecule has 2 aliphatic rings. The van der Waals surface area contributed by atoms with Gasteiger partial charge in [-0.3, -0.25) is 0 Å². The van der Waals surface area contributed by atoms with Crippen LogP contribution in [-0.4, -0.2) is 33.9 Å². The second-order valence-corrected chi connectivity index (χ2v) is 5.60. The third kappa shape index (κ3) is 2.23. The van der Waals surface area contributed by atoms with E-state index in [2.05, 4.69) is 4.99 Å². The molecule has 0 atom stereocenters. The Balaban J connectivity index is 2.08. The molecule has 2 aliphatic heterocycles. The van der Waals surface area contributed by atoms with Crippen LogP contribution in [0.3, 0.4) is 0 Å². The highest BCUT2D eigenvalue weighted by Gasteiger charge is 2.28. The van der Waals surface area contributed by atoms with Gasteiger partial charge in [0.15, 0.2) is 10.7 Å². The van der Waals surface area contributed by atoms with E-state index in [4.69, 9.17) is 15.9 Å². The molecule has 0 saturated carbocycles. The van der Waals surface area contributed by atoms with Gasteiger partial charge < -0.3 is 20.8 Å². The number of nitrogens with two attached hydrogens (primary N) is 1. The maximum atomic E-state index is 11.1. The minimum Gasteiger partial charge on any atom is -0.477 e. The topological polar surface area (TPSA) is 116 Å². The lowest BCUT2D eigenvalue weighted by molar-refractivity contribution is -0.140. The van der Waals surface area contributed by atoms with Gasteiger partial charge in [-0.1, -0.05) is 6.07 Å². The van der Waals surface area contributed by atoms with E-state index in [0.29, 0.717) is 12.1 Å². The van der Waals surface area contributed by atoms with Crippen molar-refractivity contribution in [2.45, 2.75) is 4.90 Å². The second kappa shape index (κ2) is 5.23. The predicted octanol–water partition coefficient (Wildman–Crippen LogP) is 1.32. The van der Waals surface area contributed by atoms with Crippen molar-refractivity contribution in [3.05, 3.63) is 41.6 Å². The fourth-order valence-electron chi connectivity index (χ4n) is 2.25. The lowest BCUT2D eigenvalue weighted by Crippen LogP contribution is -2.26. The van der Waals surface area contributed by atoms with Crippen molar-refractivity contribution in [2.24, 2.45) is 10.7 Å². The van der Waals surface area contributed by atoms with Gasteiger partial charge in [-0.15, -0.1) is 0 Å². The first-order valence-corrected chi connectivity index (χ1v) is 7.09. The van der Waals surface area contributed by atoms with Crippen LogP contribution in [-0.2, 0) is 9.59 Å². The zero-order valence-electron chi connectivity index (χ0n) is 11.2. The molecule has 3 rings (SSSR count). The summed E-state index contributed by atoms with van der Waals surface area (Å²) >= 11 is 1.50. The summed E-state index contributed by atoms with van der Waals surface area (Å²) in [4.78, 5) is 29.3. The molecule has 22 heavy (non-hydrogen) atoms. The highest BCUT2D eigenvalue weighted by atomic mass is 32.2. The van der Waals surface area contributed by atoms with Gasteiger partial charge in [0, 0.05) is 23.2 Å². The summed E-state index contributed by atoms with van der Waals surface area (Å²) in [5.41, 5.74) is 5.84. The molecule has 0 aromatic heterocycles. The van der Waals surface area contributed by atoms with Gasteiger partial charge in [-0.05, 0) is 30.0 Å². The van der Waals surface area contributed by atoms with Crippen LogP contribution in [0.15, 0.2) is 45.9 Å². The SMILES string of the molecule is NC(=C(C(=O)O)C(=O)O)c1ccc2c(c1)N1CC=CN=C1S2. The minimum atomic E-state index is -1.57. The molecular weight excluding hydrogens is 306 g/mol. The van der Waals surface area contributed by atoms with Crippen molar-refractivity contribution in [3.8, 4) is 0 Å².